The van der Waals surface area contributed by atoms with Crippen molar-refractivity contribution in [1.82, 2.24) is 9.78 Å². The van der Waals surface area contributed by atoms with Crippen molar-refractivity contribution >= 4 is 11.5 Å². The van der Waals surface area contributed by atoms with Gasteiger partial charge in [0.15, 0.2) is 0 Å². The average Bonchev–Trinajstić information content (AvgIpc) is 2.61. The maximum absolute atomic E-state index is 10.6. The molecule has 1 unspecified atom stereocenters. The second-order valence-corrected chi connectivity index (χ2v) is 3.49. The molecule has 2 rings (SSSR count). The molecular formula is C8H12N4O3. The minimum Gasteiger partial charge on any atom is -0.379 e. The molecule has 2 heterocycles. The molecular weight excluding hydrogens is 200 g/mol. The van der Waals surface area contributed by atoms with E-state index in [0.717, 1.165) is 19.4 Å². The smallest absolute Gasteiger partial charge is 0.330 e. The largest absolute Gasteiger partial charge is 0.379 e. The number of hydrogen-bond acceptors (Lipinski definition) is 5. The molecule has 7 heteroatoms. The Kier molecular flexibility index (Phi) is 2.55. The van der Waals surface area contributed by atoms with Crippen molar-refractivity contribution in [2.75, 3.05) is 18.9 Å². The van der Waals surface area contributed by atoms with E-state index >= 15 is 0 Å². The van der Waals surface area contributed by atoms with Gasteiger partial charge in [0.2, 0.25) is 5.82 Å². The molecule has 1 aliphatic rings. The van der Waals surface area contributed by atoms with Crippen molar-refractivity contribution in [3.05, 3.63) is 16.3 Å². The van der Waals surface area contributed by atoms with Crippen LogP contribution >= 0.6 is 0 Å². The molecule has 82 valence electrons. The zero-order valence-corrected chi connectivity index (χ0v) is 8.13. The van der Waals surface area contributed by atoms with Crippen LogP contribution in [0.4, 0.5) is 11.5 Å². The van der Waals surface area contributed by atoms with Crippen LogP contribution in [0.5, 0.6) is 0 Å². The molecule has 0 aromatic carbocycles. The van der Waals surface area contributed by atoms with E-state index in [1.807, 2.05) is 0 Å². The van der Waals surface area contributed by atoms with Crippen LogP contribution in [0, 0.1) is 10.1 Å². The molecule has 2 N–H and O–H groups in total. The number of anilines is 1. The van der Waals surface area contributed by atoms with Crippen molar-refractivity contribution in [3.8, 4) is 0 Å². The molecule has 0 spiro atoms. The zero-order valence-electron chi connectivity index (χ0n) is 8.13. The number of ether oxygens (including phenoxy) is 1. The van der Waals surface area contributed by atoms with Gasteiger partial charge in [0.05, 0.1) is 17.6 Å². The molecule has 15 heavy (non-hydrogen) atoms. The molecule has 0 aliphatic carbocycles. The molecule has 0 radical (unpaired) electrons. The highest BCUT2D eigenvalue weighted by atomic mass is 16.6. The lowest BCUT2D eigenvalue weighted by atomic mass is 10.1. The van der Waals surface area contributed by atoms with E-state index in [2.05, 4.69) is 5.10 Å². The van der Waals surface area contributed by atoms with Gasteiger partial charge in [-0.1, -0.05) is 0 Å². The van der Waals surface area contributed by atoms with E-state index < -0.39 is 4.92 Å². The second-order valence-electron chi connectivity index (χ2n) is 3.49. The van der Waals surface area contributed by atoms with Crippen LogP contribution in [-0.2, 0) is 4.74 Å². The molecule has 1 atom stereocenters. The summed E-state index contributed by atoms with van der Waals surface area (Å²) in [4.78, 5) is 10.0. The highest BCUT2D eigenvalue weighted by Gasteiger charge is 2.24. The van der Waals surface area contributed by atoms with Gasteiger partial charge in [0, 0.05) is 6.61 Å². The number of hydrogen-bond donors (Lipinski definition) is 1. The Morgan fingerprint density at radius 3 is 3.07 bits per heavy atom. The average molecular weight is 212 g/mol. The number of rotatable bonds is 2. The fourth-order valence-corrected chi connectivity index (χ4v) is 1.71. The zero-order chi connectivity index (χ0) is 10.8. The van der Waals surface area contributed by atoms with E-state index in [0.29, 0.717) is 6.61 Å². The predicted molar refractivity (Wildman–Crippen MR) is 52.4 cm³/mol. The fourth-order valence-electron chi connectivity index (χ4n) is 1.71. The summed E-state index contributed by atoms with van der Waals surface area (Å²) in [6.07, 6.45) is 3.00. The van der Waals surface area contributed by atoms with Crippen molar-refractivity contribution in [3.63, 3.8) is 0 Å². The first-order chi connectivity index (χ1) is 7.20. The molecule has 0 amide bonds. The molecule has 1 aromatic rings. The van der Waals surface area contributed by atoms with Gasteiger partial charge in [-0.3, -0.25) is 10.1 Å². The van der Waals surface area contributed by atoms with Crippen LogP contribution in [0.25, 0.3) is 0 Å². The predicted octanol–water partition coefficient (Wildman–Crippen LogP) is 0.725. The van der Waals surface area contributed by atoms with Crippen molar-refractivity contribution in [1.29, 1.82) is 0 Å². The van der Waals surface area contributed by atoms with Gasteiger partial charge in [0.1, 0.15) is 6.20 Å². The first kappa shape index (κ1) is 9.91. The number of nitrogens with two attached hydrogens (primary N) is 1. The van der Waals surface area contributed by atoms with Gasteiger partial charge in [-0.15, -0.1) is 0 Å². The maximum atomic E-state index is 10.6. The van der Waals surface area contributed by atoms with E-state index in [1.54, 1.807) is 0 Å². The van der Waals surface area contributed by atoms with Gasteiger partial charge >= 0.3 is 5.69 Å². The van der Waals surface area contributed by atoms with Crippen molar-refractivity contribution in [2.45, 2.75) is 18.9 Å². The summed E-state index contributed by atoms with van der Waals surface area (Å²) >= 11 is 0. The number of aromatic nitrogens is 2. The lowest BCUT2D eigenvalue weighted by molar-refractivity contribution is -0.384. The van der Waals surface area contributed by atoms with Gasteiger partial charge in [-0.2, -0.15) is 5.10 Å². The van der Waals surface area contributed by atoms with Crippen LogP contribution in [0.1, 0.15) is 18.9 Å². The van der Waals surface area contributed by atoms with Crippen LogP contribution in [-0.4, -0.2) is 27.9 Å². The van der Waals surface area contributed by atoms with Gasteiger partial charge in [-0.05, 0) is 12.8 Å². The van der Waals surface area contributed by atoms with Gasteiger partial charge in [0.25, 0.3) is 0 Å². The van der Waals surface area contributed by atoms with E-state index in [1.165, 1.54) is 10.9 Å². The maximum Gasteiger partial charge on any atom is 0.330 e. The second kappa shape index (κ2) is 3.85. The summed E-state index contributed by atoms with van der Waals surface area (Å²) in [6.45, 7) is 1.25. The van der Waals surface area contributed by atoms with Crippen LogP contribution in [0.3, 0.4) is 0 Å². The van der Waals surface area contributed by atoms with Gasteiger partial charge < -0.3 is 10.5 Å². The number of nitrogens with zero attached hydrogens (tertiary/aromatic N) is 3. The molecule has 1 aliphatic heterocycles. The normalized spacial score (nSPS) is 21.5. The SMILES string of the molecule is Nc1c([N+](=O)[O-])cnn1C1CCCOC1. The Morgan fingerprint density at radius 2 is 2.53 bits per heavy atom. The van der Waals surface area contributed by atoms with Crippen molar-refractivity contribution < 1.29 is 9.66 Å². The third-order valence-electron chi connectivity index (χ3n) is 2.49. The Hall–Kier alpha value is -1.63. The molecule has 7 nitrogen and oxygen atoms in total. The summed E-state index contributed by atoms with van der Waals surface area (Å²) < 4.78 is 6.76. The van der Waals surface area contributed by atoms with Crippen molar-refractivity contribution in [2.24, 2.45) is 0 Å². The summed E-state index contributed by atoms with van der Waals surface area (Å²) in [6, 6.07) is 0.0208. The van der Waals surface area contributed by atoms with Gasteiger partial charge in [-0.25, -0.2) is 4.68 Å². The molecule has 0 saturated carbocycles. The van der Waals surface area contributed by atoms with Crippen LogP contribution < -0.4 is 5.73 Å². The quantitative estimate of drug-likeness (QED) is 0.575. The Morgan fingerprint density at radius 1 is 1.73 bits per heavy atom. The topological polar surface area (TPSA) is 96.2 Å². The number of nitrogen functional groups attached to an aromatic ring is 1. The molecule has 1 saturated heterocycles. The van der Waals surface area contributed by atoms with Crippen LogP contribution in [0.2, 0.25) is 0 Å². The van der Waals surface area contributed by atoms with E-state index in [9.17, 15) is 10.1 Å². The molecule has 1 aromatic heterocycles. The summed E-state index contributed by atoms with van der Waals surface area (Å²) in [5.41, 5.74) is 5.50. The first-order valence-corrected chi connectivity index (χ1v) is 4.75. The lowest BCUT2D eigenvalue weighted by Crippen LogP contribution is -2.23. The summed E-state index contributed by atoms with van der Waals surface area (Å²) in [5, 5.41) is 14.5. The van der Waals surface area contributed by atoms with E-state index in [4.69, 9.17) is 10.5 Å². The summed E-state index contributed by atoms with van der Waals surface area (Å²) in [5.74, 6) is 0.107. The Labute approximate surface area is 86.0 Å². The Bertz CT molecular complexity index is 370. The minimum absolute atomic E-state index is 0.0208. The standard InChI is InChI=1S/C8H12N4O3/c9-8-7(12(13)14)4-10-11(8)6-2-1-3-15-5-6/h4,6H,1-3,5,9H2. The third kappa shape index (κ3) is 1.78. The first-order valence-electron chi connectivity index (χ1n) is 4.75. The minimum atomic E-state index is -0.525. The fraction of sp³-hybridized carbons (Fsp3) is 0.625. The number of nitro groups is 1. The monoisotopic (exact) mass is 212 g/mol. The molecule has 0 bridgehead atoms. The lowest BCUT2D eigenvalue weighted by Gasteiger charge is -2.22. The Balaban J connectivity index is 2.24. The van der Waals surface area contributed by atoms with E-state index in [-0.39, 0.29) is 17.5 Å². The summed E-state index contributed by atoms with van der Waals surface area (Å²) in [7, 11) is 0. The highest BCUT2D eigenvalue weighted by Crippen LogP contribution is 2.27. The molecule has 1 fully saturated rings. The third-order valence-corrected chi connectivity index (χ3v) is 2.49. The highest BCUT2D eigenvalue weighted by molar-refractivity contribution is 5.51. The van der Waals surface area contributed by atoms with Crippen LogP contribution in [0.15, 0.2) is 6.20 Å².